The van der Waals surface area contributed by atoms with Crippen LogP contribution in [0, 0.1) is 0 Å². The van der Waals surface area contributed by atoms with Gasteiger partial charge in [0.15, 0.2) is 5.96 Å². The predicted octanol–water partition coefficient (Wildman–Crippen LogP) is 2.90. The molecule has 0 radical (unpaired) electrons. The molecule has 2 heterocycles. The first-order valence-electron chi connectivity index (χ1n) is 7.19. The zero-order valence-corrected chi connectivity index (χ0v) is 15.0. The summed E-state index contributed by atoms with van der Waals surface area (Å²) in [5, 5.41) is 5.18. The first-order valence-corrected chi connectivity index (χ1v) is 8.39. The number of aryl methyl sites for hydroxylation is 2. The molecule has 2 aromatic heterocycles. The summed E-state index contributed by atoms with van der Waals surface area (Å²) in [6, 6.07) is 1.97. The highest BCUT2D eigenvalue weighted by Gasteiger charge is 2.10. The Labute approximate surface area is 140 Å². The monoisotopic (exact) mass is 339 g/mol. The van der Waals surface area contributed by atoms with Gasteiger partial charge < -0.3 is 14.8 Å². The van der Waals surface area contributed by atoms with Crippen LogP contribution >= 0.6 is 22.9 Å². The van der Waals surface area contributed by atoms with Crippen LogP contribution in [0.3, 0.4) is 0 Å². The molecule has 0 aliphatic rings. The molecule has 1 N–H and O–H groups in total. The molecule has 0 saturated heterocycles. The molecule has 0 unspecified atom stereocenters. The van der Waals surface area contributed by atoms with Crippen molar-refractivity contribution in [3.63, 3.8) is 0 Å². The first kappa shape index (κ1) is 16.8. The van der Waals surface area contributed by atoms with E-state index in [1.54, 1.807) is 18.4 Å². The summed E-state index contributed by atoms with van der Waals surface area (Å²) in [6.07, 6.45) is 4.88. The van der Waals surface area contributed by atoms with Gasteiger partial charge in [0.25, 0.3) is 0 Å². The van der Waals surface area contributed by atoms with Gasteiger partial charge in [0.05, 0.1) is 18.1 Å². The molecule has 0 fully saturated rings. The molecular formula is C15H22ClN5S. The Hall–Kier alpha value is -1.53. The topological polar surface area (TPSA) is 45.5 Å². The van der Waals surface area contributed by atoms with Crippen LogP contribution in [0.15, 0.2) is 23.5 Å². The average molecular weight is 340 g/mol. The third-order valence-electron chi connectivity index (χ3n) is 3.39. The molecule has 0 aliphatic carbocycles. The number of halogens is 1. The van der Waals surface area contributed by atoms with Crippen LogP contribution in [0.25, 0.3) is 0 Å². The minimum Gasteiger partial charge on any atom is -0.351 e. The molecule has 0 amide bonds. The summed E-state index contributed by atoms with van der Waals surface area (Å²) in [6.45, 7) is 3.57. The molecule has 7 heteroatoms. The first-order chi connectivity index (χ1) is 10.5. The van der Waals surface area contributed by atoms with E-state index >= 15 is 0 Å². The van der Waals surface area contributed by atoms with Crippen molar-refractivity contribution in [2.45, 2.75) is 26.4 Å². The number of hydrogen-bond acceptors (Lipinski definition) is 3. The molecule has 22 heavy (non-hydrogen) atoms. The fraction of sp³-hybridized carbons (Fsp3) is 0.467. The number of aliphatic imine (C=N–C) groups is 1. The highest BCUT2D eigenvalue weighted by molar-refractivity contribution is 7.11. The summed E-state index contributed by atoms with van der Waals surface area (Å²) in [5.74, 6) is 0.838. The van der Waals surface area contributed by atoms with Gasteiger partial charge in [-0.3, -0.25) is 4.99 Å². The molecule has 0 bridgehead atoms. The van der Waals surface area contributed by atoms with E-state index in [0.29, 0.717) is 6.54 Å². The van der Waals surface area contributed by atoms with Crippen molar-refractivity contribution in [1.29, 1.82) is 0 Å². The van der Waals surface area contributed by atoms with Crippen LogP contribution < -0.4 is 5.32 Å². The second kappa shape index (κ2) is 7.65. The van der Waals surface area contributed by atoms with Crippen LogP contribution in [0.2, 0.25) is 5.02 Å². The highest BCUT2D eigenvalue weighted by atomic mass is 35.5. The maximum atomic E-state index is 6.03. The molecule has 0 saturated carbocycles. The number of thiazole rings is 1. The zero-order chi connectivity index (χ0) is 16.1. The number of aromatic nitrogens is 2. The maximum absolute atomic E-state index is 6.03. The highest BCUT2D eigenvalue weighted by Crippen LogP contribution is 2.15. The molecule has 120 valence electrons. The van der Waals surface area contributed by atoms with Gasteiger partial charge in [-0.25, -0.2) is 4.98 Å². The molecule has 2 rings (SSSR count). The lowest BCUT2D eigenvalue weighted by atomic mass is 10.4. The lowest BCUT2D eigenvalue weighted by Crippen LogP contribution is -2.38. The van der Waals surface area contributed by atoms with E-state index in [9.17, 15) is 0 Å². The molecule has 0 atom stereocenters. The molecule has 5 nitrogen and oxygen atoms in total. The van der Waals surface area contributed by atoms with Gasteiger partial charge in [-0.05, 0) is 12.5 Å². The van der Waals surface area contributed by atoms with Crippen molar-refractivity contribution in [2.75, 3.05) is 14.1 Å². The number of rotatable bonds is 5. The Bertz CT molecular complexity index is 646. The lowest BCUT2D eigenvalue weighted by Gasteiger charge is -2.22. The second-order valence-electron chi connectivity index (χ2n) is 5.09. The lowest BCUT2D eigenvalue weighted by molar-refractivity contribution is 0.461. The van der Waals surface area contributed by atoms with Gasteiger partial charge in [0, 0.05) is 44.1 Å². The summed E-state index contributed by atoms with van der Waals surface area (Å²) < 4.78 is 2.03. The maximum Gasteiger partial charge on any atom is 0.194 e. The Morgan fingerprint density at radius 2 is 2.32 bits per heavy atom. The Balaban J connectivity index is 1.94. The molecule has 0 aliphatic heterocycles. The molecule has 0 spiro atoms. The normalized spacial score (nSPS) is 11.8. The van der Waals surface area contributed by atoms with Crippen molar-refractivity contribution in [3.05, 3.63) is 39.1 Å². The van der Waals surface area contributed by atoms with E-state index in [1.807, 2.05) is 37.1 Å². The quantitative estimate of drug-likeness (QED) is 0.673. The number of nitrogens with zero attached hydrogens (tertiary/aromatic N) is 4. The molecular weight excluding hydrogens is 318 g/mol. The van der Waals surface area contributed by atoms with E-state index in [0.717, 1.165) is 34.6 Å². The average Bonchev–Trinajstić information content (AvgIpc) is 3.06. The molecule has 2 aromatic rings. The zero-order valence-electron chi connectivity index (χ0n) is 13.4. The van der Waals surface area contributed by atoms with Crippen molar-refractivity contribution in [3.8, 4) is 0 Å². The van der Waals surface area contributed by atoms with Crippen LogP contribution in [0.1, 0.15) is 22.5 Å². The number of hydrogen-bond donors (Lipinski definition) is 1. The summed E-state index contributed by atoms with van der Waals surface area (Å²) in [5.41, 5.74) is 1.14. The van der Waals surface area contributed by atoms with E-state index in [1.165, 1.54) is 4.88 Å². The number of guanidine groups is 1. The summed E-state index contributed by atoms with van der Waals surface area (Å²) in [7, 11) is 5.79. The smallest absolute Gasteiger partial charge is 0.194 e. The third kappa shape index (κ3) is 4.24. The predicted molar refractivity (Wildman–Crippen MR) is 93.6 cm³/mol. The van der Waals surface area contributed by atoms with E-state index in [4.69, 9.17) is 11.6 Å². The van der Waals surface area contributed by atoms with Crippen LogP contribution in [0.4, 0.5) is 0 Å². The summed E-state index contributed by atoms with van der Waals surface area (Å²) in [4.78, 5) is 12.1. The van der Waals surface area contributed by atoms with Gasteiger partial charge in [0.2, 0.25) is 0 Å². The van der Waals surface area contributed by atoms with Crippen LogP contribution in [-0.2, 0) is 26.6 Å². The van der Waals surface area contributed by atoms with Gasteiger partial charge in [-0.1, -0.05) is 18.5 Å². The van der Waals surface area contributed by atoms with Gasteiger partial charge >= 0.3 is 0 Å². The van der Waals surface area contributed by atoms with Gasteiger partial charge in [0.1, 0.15) is 5.01 Å². The fourth-order valence-electron chi connectivity index (χ4n) is 2.17. The molecule has 0 aromatic carbocycles. The minimum absolute atomic E-state index is 0.690. The minimum atomic E-state index is 0.690. The van der Waals surface area contributed by atoms with Gasteiger partial charge in [-0.15, -0.1) is 11.3 Å². The van der Waals surface area contributed by atoms with Crippen LogP contribution in [-0.4, -0.2) is 34.5 Å². The number of nitrogens with one attached hydrogen (secondary N) is 1. The third-order valence-corrected chi connectivity index (χ3v) is 4.74. The Morgan fingerprint density at radius 1 is 1.55 bits per heavy atom. The Morgan fingerprint density at radius 3 is 2.86 bits per heavy atom. The van der Waals surface area contributed by atoms with Crippen molar-refractivity contribution in [2.24, 2.45) is 12.0 Å². The fourth-order valence-corrected chi connectivity index (χ4v) is 3.25. The van der Waals surface area contributed by atoms with E-state index in [2.05, 4.69) is 27.1 Å². The standard InChI is InChI=1S/C15H22ClN5S/c1-5-13-7-18-14(22-13)8-19-15(17-2)21(4)10-12-6-11(16)9-20(12)3/h6-7,9H,5,8,10H2,1-4H3,(H,17,19). The van der Waals surface area contributed by atoms with Crippen molar-refractivity contribution < 1.29 is 0 Å². The largest absolute Gasteiger partial charge is 0.351 e. The van der Waals surface area contributed by atoms with E-state index < -0.39 is 0 Å². The van der Waals surface area contributed by atoms with Crippen molar-refractivity contribution in [1.82, 2.24) is 19.8 Å². The SMILES string of the molecule is CCc1cnc(CNC(=NC)N(C)Cc2cc(Cl)cn2C)s1. The Kier molecular flexibility index (Phi) is 5.85. The van der Waals surface area contributed by atoms with E-state index in [-0.39, 0.29) is 0 Å². The second-order valence-corrected chi connectivity index (χ2v) is 6.73. The van der Waals surface area contributed by atoms with Crippen LogP contribution in [0.5, 0.6) is 0 Å². The summed E-state index contributed by atoms with van der Waals surface area (Å²) >= 11 is 7.77. The van der Waals surface area contributed by atoms with Crippen molar-refractivity contribution >= 4 is 28.9 Å². The van der Waals surface area contributed by atoms with Gasteiger partial charge in [-0.2, -0.15) is 0 Å².